The van der Waals surface area contributed by atoms with Crippen LogP contribution < -0.4 is 5.32 Å². The van der Waals surface area contributed by atoms with Crippen molar-refractivity contribution in [2.24, 2.45) is 0 Å². The standard InChI is InChI=1S/C14H25N5/c1-4-15-13-10-12(2)16-14(17-13)11-19-7-5-6-18(3)8-9-19/h10H,4-9,11H2,1-3H3,(H,15,16,17). The summed E-state index contributed by atoms with van der Waals surface area (Å²) in [5, 5.41) is 3.27. The Morgan fingerprint density at radius 2 is 2.05 bits per heavy atom. The van der Waals surface area contributed by atoms with E-state index in [0.29, 0.717) is 0 Å². The summed E-state index contributed by atoms with van der Waals surface area (Å²) in [6, 6.07) is 2.00. The molecule has 1 aromatic rings. The summed E-state index contributed by atoms with van der Waals surface area (Å²) in [4.78, 5) is 14.0. The van der Waals surface area contributed by atoms with Crippen LogP contribution in [0.4, 0.5) is 5.82 Å². The van der Waals surface area contributed by atoms with Gasteiger partial charge in [0.05, 0.1) is 6.54 Å². The van der Waals surface area contributed by atoms with Crippen molar-refractivity contribution in [3.8, 4) is 0 Å². The first-order chi connectivity index (χ1) is 9.17. The Bertz CT molecular complexity index is 407. The molecule has 0 bridgehead atoms. The predicted molar refractivity (Wildman–Crippen MR) is 78.3 cm³/mol. The lowest BCUT2D eigenvalue weighted by Gasteiger charge is -2.19. The van der Waals surface area contributed by atoms with Crippen molar-refractivity contribution in [3.05, 3.63) is 17.6 Å². The largest absolute Gasteiger partial charge is 0.370 e. The molecule has 2 rings (SSSR count). The van der Waals surface area contributed by atoms with Gasteiger partial charge >= 0.3 is 0 Å². The molecule has 1 aliphatic heterocycles. The molecule has 2 heterocycles. The van der Waals surface area contributed by atoms with E-state index in [9.17, 15) is 0 Å². The molecule has 1 fully saturated rings. The Balaban J connectivity index is 2.01. The topological polar surface area (TPSA) is 44.3 Å². The lowest BCUT2D eigenvalue weighted by atomic mass is 10.3. The van der Waals surface area contributed by atoms with E-state index in [-0.39, 0.29) is 0 Å². The van der Waals surface area contributed by atoms with Crippen LogP contribution >= 0.6 is 0 Å². The van der Waals surface area contributed by atoms with Crippen molar-refractivity contribution in [2.45, 2.75) is 26.8 Å². The molecule has 19 heavy (non-hydrogen) atoms. The minimum absolute atomic E-state index is 0.855. The summed E-state index contributed by atoms with van der Waals surface area (Å²) in [5.41, 5.74) is 1.04. The summed E-state index contributed by atoms with van der Waals surface area (Å²) in [6.45, 7) is 10.4. The fourth-order valence-electron chi connectivity index (χ4n) is 2.43. The van der Waals surface area contributed by atoms with Crippen molar-refractivity contribution in [1.82, 2.24) is 19.8 Å². The highest BCUT2D eigenvalue weighted by molar-refractivity contribution is 5.35. The minimum atomic E-state index is 0.855. The van der Waals surface area contributed by atoms with E-state index in [1.54, 1.807) is 0 Å². The number of nitrogens with zero attached hydrogens (tertiary/aromatic N) is 4. The van der Waals surface area contributed by atoms with Crippen LogP contribution in [0, 0.1) is 6.92 Å². The molecule has 1 N–H and O–H groups in total. The summed E-state index contributed by atoms with van der Waals surface area (Å²) in [6.07, 6.45) is 1.22. The molecule has 1 aromatic heterocycles. The molecule has 0 aliphatic carbocycles. The molecule has 0 atom stereocenters. The fraction of sp³-hybridized carbons (Fsp3) is 0.714. The molecule has 0 radical (unpaired) electrons. The van der Waals surface area contributed by atoms with Crippen molar-refractivity contribution in [3.63, 3.8) is 0 Å². The van der Waals surface area contributed by atoms with Gasteiger partial charge < -0.3 is 10.2 Å². The summed E-state index contributed by atoms with van der Waals surface area (Å²) in [5.74, 6) is 1.87. The number of aromatic nitrogens is 2. The highest BCUT2D eigenvalue weighted by Crippen LogP contribution is 2.09. The van der Waals surface area contributed by atoms with Gasteiger partial charge in [0.1, 0.15) is 11.6 Å². The molecule has 0 unspecified atom stereocenters. The maximum absolute atomic E-state index is 4.59. The van der Waals surface area contributed by atoms with E-state index in [1.807, 2.05) is 13.0 Å². The SMILES string of the molecule is CCNc1cc(C)nc(CN2CCCN(C)CC2)n1. The molecular formula is C14H25N5. The third-order valence-corrected chi connectivity index (χ3v) is 3.44. The zero-order valence-corrected chi connectivity index (χ0v) is 12.3. The highest BCUT2D eigenvalue weighted by Gasteiger charge is 2.14. The van der Waals surface area contributed by atoms with Crippen molar-refractivity contribution < 1.29 is 0 Å². The van der Waals surface area contributed by atoms with Crippen LogP contribution in [0.25, 0.3) is 0 Å². The number of likely N-dealkylation sites (N-methyl/N-ethyl adjacent to an activating group) is 1. The first kappa shape index (κ1) is 14.2. The average molecular weight is 263 g/mol. The third-order valence-electron chi connectivity index (χ3n) is 3.44. The predicted octanol–water partition coefficient (Wildman–Crippen LogP) is 1.35. The van der Waals surface area contributed by atoms with Gasteiger partial charge in [-0.2, -0.15) is 0 Å². The van der Waals surface area contributed by atoms with Crippen LogP contribution in [0.2, 0.25) is 0 Å². The van der Waals surface area contributed by atoms with Crippen molar-refractivity contribution >= 4 is 5.82 Å². The van der Waals surface area contributed by atoms with Gasteiger partial charge in [0, 0.05) is 31.4 Å². The van der Waals surface area contributed by atoms with Crippen molar-refractivity contribution in [1.29, 1.82) is 0 Å². The van der Waals surface area contributed by atoms with Gasteiger partial charge in [-0.15, -0.1) is 0 Å². The Morgan fingerprint density at radius 1 is 1.21 bits per heavy atom. The monoisotopic (exact) mass is 263 g/mol. The van der Waals surface area contributed by atoms with Gasteiger partial charge in [-0.1, -0.05) is 0 Å². The Kier molecular flexibility index (Phi) is 5.10. The van der Waals surface area contributed by atoms with Crippen LogP contribution in [-0.4, -0.2) is 59.5 Å². The quantitative estimate of drug-likeness (QED) is 0.888. The first-order valence-electron chi connectivity index (χ1n) is 7.16. The maximum atomic E-state index is 4.59. The second kappa shape index (κ2) is 6.82. The van der Waals surface area contributed by atoms with E-state index in [0.717, 1.165) is 50.1 Å². The normalized spacial score (nSPS) is 18.3. The second-order valence-corrected chi connectivity index (χ2v) is 5.27. The van der Waals surface area contributed by atoms with E-state index in [4.69, 9.17) is 0 Å². The fourth-order valence-corrected chi connectivity index (χ4v) is 2.43. The van der Waals surface area contributed by atoms with Crippen LogP contribution in [0.3, 0.4) is 0 Å². The molecule has 0 aromatic carbocycles. The number of anilines is 1. The van der Waals surface area contributed by atoms with Crippen LogP contribution in [0.1, 0.15) is 24.9 Å². The lowest BCUT2D eigenvalue weighted by Crippen LogP contribution is -2.29. The molecule has 5 nitrogen and oxygen atoms in total. The number of aryl methyl sites for hydroxylation is 1. The molecule has 0 amide bonds. The zero-order chi connectivity index (χ0) is 13.7. The molecule has 1 saturated heterocycles. The number of hydrogen-bond acceptors (Lipinski definition) is 5. The number of nitrogens with one attached hydrogen (secondary N) is 1. The van der Waals surface area contributed by atoms with E-state index in [1.165, 1.54) is 13.0 Å². The van der Waals surface area contributed by atoms with Gasteiger partial charge in [-0.25, -0.2) is 9.97 Å². The van der Waals surface area contributed by atoms with Gasteiger partial charge in [0.25, 0.3) is 0 Å². The molecular weight excluding hydrogens is 238 g/mol. The summed E-state index contributed by atoms with van der Waals surface area (Å²) >= 11 is 0. The summed E-state index contributed by atoms with van der Waals surface area (Å²) < 4.78 is 0. The molecule has 1 aliphatic rings. The molecule has 0 saturated carbocycles. The number of rotatable bonds is 4. The van der Waals surface area contributed by atoms with Crippen LogP contribution in [-0.2, 0) is 6.54 Å². The van der Waals surface area contributed by atoms with E-state index < -0.39 is 0 Å². The van der Waals surface area contributed by atoms with Crippen LogP contribution in [0.15, 0.2) is 6.07 Å². The van der Waals surface area contributed by atoms with Gasteiger partial charge in [-0.05, 0) is 40.4 Å². The second-order valence-electron chi connectivity index (χ2n) is 5.27. The van der Waals surface area contributed by atoms with Gasteiger partial charge in [-0.3, -0.25) is 4.90 Å². The first-order valence-corrected chi connectivity index (χ1v) is 7.16. The van der Waals surface area contributed by atoms with Gasteiger partial charge in [0.2, 0.25) is 0 Å². The van der Waals surface area contributed by atoms with Crippen LogP contribution in [0.5, 0.6) is 0 Å². The minimum Gasteiger partial charge on any atom is -0.370 e. The van der Waals surface area contributed by atoms with Gasteiger partial charge in [0.15, 0.2) is 0 Å². The Labute approximate surface area is 116 Å². The van der Waals surface area contributed by atoms with E-state index in [2.05, 4.69) is 39.1 Å². The Hall–Kier alpha value is -1.20. The summed E-state index contributed by atoms with van der Waals surface area (Å²) in [7, 11) is 2.19. The molecule has 5 heteroatoms. The number of hydrogen-bond donors (Lipinski definition) is 1. The van der Waals surface area contributed by atoms with E-state index >= 15 is 0 Å². The molecule has 0 spiro atoms. The average Bonchev–Trinajstić information content (AvgIpc) is 2.54. The Morgan fingerprint density at radius 3 is 2.84 bits per heavy atom. The smallest absolute Gasteiger partial charge is 0.144 e. The lowest BCUT2D eigenvalue weighted by molar-refractivity contribution is 0.263. The maximum Gasteiger partial charge on any atom is 0.144 e. The third kappa shape index (κ3) is 4.44. The van der Waals surface area contributed by atoms with Crippen molar-refractivity contribution in [2.75, 3.05) is 45.1 Å². The zero-order valence-electron chi connectivity index (χ0n) is 12.3. The molecule has 106 valence electrons. The highest BCUT2D eigenvalue weighted by atomic mass is 15.2.